The molecule has 0 fully saturated rings. The summed E-state index contributed by atoms with van der Waals surface area (Å²) >= 11 is 0. The van der Waals surface area contributed by atoms with Gasteiger partial charge in [0.25, 0.3) is 0 Å². The number of carbonyl (C=O) groups excluding carboxylic acids is 1. The highest BCUT2D eigenvalue weighted by Gasteiger charge is 2.14. The third kappa shape index (κ3) is 4.62. The molecule has 0 aromatic heterocycles. The Bertz CT molecular complexity index is 523. The van der Waals surface area contributed by atoms with E-state index in [1.165, 1.54) is 31.4 Å². The average Bonchev–Trinajstić information content (AvgIpc) is 2.37. The highest BCUT2D eigenvalue weighted by atomic mass is 32.2. The first-order valence-corrected chi connectivity index (χ1v) is 7.29. The van der Waals surface area contributed by atoms with Crippen LogP contribution in [-0.2, 0) is 14.8 Å². The number of hydrogen-bond donors (Lipinski definition) is 2. The third-order valence-corrected chi connectivity index (χ3v) is 3.95. The van der Waals surface area contributed by atoms with Gasteiger partial charge in [-0.15, -0.1) is 0 Å². The summed E-state index contributed by atoms with van der Waals surface area (Å²) < 4.78 is 30.8. The summed E-state index contributed by atoms with van der Waals surface area (Å²) in [6, 6.07) is 5.48. The molecule has 0 saturated heterocycles. The van der Waals surface area contributed by atoms with Crippen molar-refractivity contribution in [2.24, 2.45) is 5.73 Å². The molecule has 1 atom stereocenters. The van der Waals surface area contributed by atoms with Crippen LogP contribution in [-0.4, -0.2) is 34.1 Å². The fourth-order valence-electron chi connectivity index (χ4n) is 1.39. The lowest BCUT2D eigenvalue weighted by Gasteiger charge is -2.08. The van der Waals surface area contributed by atoms with Crippen LogP contribution in [0, 0.1) is 0 Å². The van der Waals surface area contributed by atoms with Crippen molar-refractivity contribution in [3.63, 3.8) is 0 Å². The van der Waals surface area contributed by atoms with Gasteiger partial charge in [-0.3, -0.25) is 0 Å². The van der Waals surface area contributed by atoms with Crippen molar-refractivity contribution < 1.29 is 17.9 Å². The number of rotatable bonds is 6. The number of nitrogens with two attached hydrogens (primary N) is 1. The first-order valence-electron chi connectivity index (χ1n) is 5.80. The summed E-state index contributed by atoms with van der Waals surface area (Å²) in [5, 5.41) is 0. The minimum absolute atomic E-state index is 0.0654. The summed E-state index contributed by atoms with van der Waals surface area (Å²) in [6.07, 6.45) is 0.555. The third-order valence-electron chi connectivity index (χ3n) is 2.48. The Labute approximate surface area is 113 Å². The molecule has 0 amide bonds. The van der Waals surface area contributed by atoms with E-state index in [1.807, 2.05) is 0 Å². The van der Waals surface area contributed by atoms with E-state index in [9.17, 15) is 13.2 Å². The smallest absolute Gasteiger partial charge is 0.337 e. The molecule has 19 heavy (non-hydrogen) atoms. The van der Waals surface area contributed by atoms with Crippen molar-refractivity contribution in [2.45, 2.75) is 24.3 Å². The molecule has 1 aromatic carbocycles. The van der Waals surface area contributed by atoms with Crippen LogP contribution in [0.3, 0.4) is 0 Å². The maximum absolute atomic E-state index is 11.9. The number of carbonyl (C=O) groups is 1. The van der Waals surface area contributed by atoms with Crippen molar-refractivity contribution in [3.05, 3.63) is 29.8 Å². The van der Waals surface area contributed by atoms with E-state index in [1.54, 1.807) is 6.92 Å². The van der Waals surface area contributed by atoms with Gasteiger partial charge < -0.3 is 10.5 Å². The first kappa shape index (κ1) is 15.6. The molecular weight excluding hydrogens is 268 g/mol. The maximum atomic E-state index is 11.9. The van der Waals surface area contributed by atoms with Crippen LogP contribution in [0.5, 0.6) is 0 Å². The molecule has 0 spiro atoms. The quantitative estimate of drug-likeness (QED) is 0.741. The SMILES string of the molecule is COC(=O)c1ccc(S(=O)(=O)NCCC(C)N)cc1. The number of esters is 1. The lowest BCUT2D eigenvalue weighted by molar-refractivity contribution is 0.0600. The van der Waals surface area contributed by atoms with Gasteiger partial charge in [0.05, 0.1) is 17.6 Å². The number of sulfonamides is 1. The predicted molar refractivity (Wildman–Crippen MR) is 71.2 cm³/mol. The molecule has 0 aliphatic heterocycles. The second-order valence-electron chi connectivity index (χ2n) is 4.18. The second kappa shape index (κ2) is 6.65. The molecule has 0 radical (unpaired) electrons. The van der Waals surface area contributed by atoms with Crippen molar-refractivity contribution in [2.75, 3.05) is 13.7 Å². The van der Waals surface area contributed by atoms with E-state index in [4.69, 9.17) is 5.73 Å². The lowest BCUT2D eigenvalue weighted by Crippen LogP contribution is -2.29. The maximum Gasteiger partial charge on any atom is 0.337 e. The van der Waals surface area contributed by atoms with Gasteiger partial charge in [-0.05, 0) is 37.6 Å². The van der Waals surface area contributed by atoms with Gasteiger partial charge in [0.2, 0.25) is 10.0 Å². The Morgan fingerprint density at radius 2 is 1.95 bits per heavy atom. The van der Waals surface area contributed by atoms with E-state index in [0.717, 1.165) is 0 Å². The molecule has 7 heteroatoms. The standard InChI is InChI=1S/C12H18N2O4S/c1-9(13)7-8-14-19(16,17)11-5-3-10(4-6-11)12(15)18-2/h3-6,9,14H,7-8,13H2,1-2H3. The van der Waals surface area contributed by atoms with Gasteiger partial charge in [0.1, 0.15) is 0 Å². The number of hydrogen-bond acceptors (Lipinski definition) is 5. The highest BCUT2D eigenvalue weighted by molar-refractivity contribution is 7.89. The molecule has 1 unspecified atom stereocenters. The normalized spacial score (nSPS) is 13.0. The van der Waals surface area contributed by atoms with Crippen LogP contribution in [0.1, 0.15) is 23.7 Å². The summed E-state index contributed by atoms with van der Waals surface area (Å²) in [5.74, 6) is -0.506. The van der Waals surface area contributed by atoms with Gasteiger partial charge >= 0.3 is 5.97 Å². The van der Waals surface area contributed by atoms with Crippen LogP contribution in [0.15, 0.2) is 29.2 Å². The highest BCUT2D eigenvalue weighted by Crippen LogP contribution is 2.11. The second-order valence-corrected chi connectivity index (χ2v) is 5.95. The molecule has 1 rings (SSSR count). The molecule has 6 nitrogen and oxygen atoms in total. The zero-order valence-electron chi connectivity index (χ0n) is 10.9. The van der Waals surface area contributed by atoms with Crippen molar-refractivity contribution in [1.82, 2.24) is 4.72 Å². The van der Waals surface area contributed by atoms with Crippen LogP contribution in [0.25, 0.3) is 0 Å². The summed E-state index contributed by atoms with van der Waals surface area (Å²) in [7, 11) is -2.30. The van der Waals surface area contributed by atoms with Gasteiger partial charge in [-0.1, -0.05) is 0 Å². The van der Waals surface area contributed by atoms with Gasteiger partial charge in [0, 0.05) is 12.6 Å². The van der Waals surface area contributed by atoms with Crippen LogP contribution in [0.2, 0.25) is 0 Å². The van der Waals surface area contributed by atoms with Crippen LogP contribution < -0.4 is 10.5 Å². The van der Waals surface area contributed by atoms with Gasteiger partial charge in [-0.2, -0.15) is 0 Å². The Morgan fingerprint density at radius 1 is 1.37 bits per heavy atom. The fourth-order valence-corrected chi connectivity index (χ4v) is 2.44. The Morgan fingerprint density at radius 3 is 2.42 bits per heavy atom. The summed E-state index contributed by atoms with van der Waals surface area (Å²) in [5.41, 5.74) is 5.85. The molecule has 106 valence electrons. The van der Waals surface area contributed by atoms with Crippen LogP contribution in [0.4, 0.5) is 0 Å². The van der Waals surface area contributed by atoms with E-state index >= 15 is 0 Å². The molecule has 3 N–H and O–H groups in total. The Hall–Kier alpha value is -1.44. The Kier molecular flexibility index (Phi) is 5.46. The number of nitrogens with one attached hydrogen (secondary N) is 1. The molecule has 0 heterocycles. The Balaban J connectivity index is 2.76. The van der Waals surface area contributed by atoms with Gasteiger partial charge in [-0.25, -0.2) is 17.9 Å². The number of methoxy groups -OCH3 is 1. The number of benzene rings is 1. The van der Waals surface area contributed by atoms with Crippen molar-refractivity contribution >= 4 is 16.0 Å². The van der Waals surface area contributed by atoms with Crippen molar-refractivity contribution in [3.8, 4) is 0 Å². The molecule has 0 aliphatic carbocycles. The lowest BCUT2D eigenvalue weighted by atomic mass is 10.2. The predicted octanol–water partition coefficient (Wildman–Crippen LogP) is 0.489. The first-order chi connectivity index (χ1) is 8.86. The topological polar surface area (TPSA) is 98.5 Å². The van der Waals surface area contributed by atoms with E-state index in [2.05, 4.69) is 9.46 Å². The largest absolute Gasteiger partial charge is 0.465 e. The zero-order chi connectivity index (χ0) is 14.5. The number of ether oxygens (including phenoxy) is 1. The molecule has 0 aliphatic rings. The average molecular weight is 286 g/mol. The van der Waals surface area contributed by atoms with Crippen molar-refractivity contribution in [1.29, 1.82) is 0 Å². The van der Waals surface area contributed by atoms with E-state index < -0.39 is 16.0 Å². The van der Waals surface area contributed by atoms with E-state index in [-0.39, 0.29) is 17.5 Å². The zero-order valence-corrected chi connectivity index (χ0v) is 11.7. The molecule has 1 aromatic rings. The monoisotopic (exact) mass is 286 g/mol. The van der Waals surface area contributed by atoms with Crippen LogP contribution >= 0.6 is 0 Å². The fraction of sp³-hybridized carbons (Fsp3) is 0.417. The van der Waals surface area contributed by atoms with Gasteiger partial charge in [0.15, 0.2) is 0 Å². The van der Waals surface area contributed by atoms with E-state index in [0.29, 0.717) is 12.0 Å². The summed E-state index contributed by atoms with van der Waals surface area (Å²) in [6.45, 7) is 2.08. The molecule has 0 bridgehead atoms. The minimum atomic E-state index is -3.56. The molecular formula is C12H18N2O4S. The summed E-state index contributed by atoms with van der Waals surface area (Å²) in [4.78, 5) is 11.3. The minimum Gasteiger partial charge on any atom is -0.465 e. The molecule has 0 saturated carbocycles.